The Kier molecular flexibility index (Phi) is 5.34. The van der Waals surface area contributed by atoms with Crippen molar-refractivity contribution >= 4 is 22.6 Å². The van der Waals surface area contributed by atoms with Crippen molar-refractivity contribution in [2.75, 3.05) is 26.2 Å². The fourth-order valence-corrected chi connectivity index (χ4v) is 4.26. The number of hydrazine groups is 1. The Labute approximate surface area is 167 Å². The summed E-state index contributed by atoms with van der Waals surface area (Å²) < 4.78 is 16.7. The number of fused-ring (bicyclic) bond motifs is 1. The molecule has 2 heterocycles. The molecular formula is C19H24FIN4O. The van der Waals surface area contributed by atoms with Gasteiger partial charge >= 0.3 is 3.99 Å². The highest BCUT2D eigenvalue weighted by atomic mass is 127. The van der Waals surface area contributed by atoms with E-state index >= 15 is 0 Å². The van der Waals surface area contributed by atoms with Crippen molar-refractivity contribution in [3.8, 4) is 0 Å². The van der Waals surface area contributed by atoms with Gasteiger partial charge in [0.25, 0.3) is 0 Å². The molecule has 7 heteroatoms. The molecule has 0 aromatic heterocycles. The molecule has 2 N–H and O–H groups in total. The van der Waals surface area contributed by atoms with Crippen LogP contribution in [0.15, 0.2) is 48.2 Å². The van der Waals surface area contributed by atoms with Crippen LogP contribution in [-0.4, -0.2) is 51.2 Å². The van der Waals surface area contributed by atoms with Crippen molar-refractivity contribution in [3.05, 3.63) is 59.3 Å². The number of piperazine rings is 1. The van der Waals surface area contributed by atoms with Gasteiger partial charge < -0.3 is 9.64 Å². The minimum Gasteiger partial charge on any atom is -0.372 e. The van der Waals surface area contributed by atoms with Gasteiger partial charge in [-0.1, -0.05) is 36.4 Å². The van der Waals surface area contributed by atoms with E-state index in [1.165, 1.54) is 39.4 Å². The van der Waals surface area contributed by atoms with Crippen LogP contribution in [0.25, 0.3) is 0 Å². The fraction of sp³-hybridized carbons (Fsp3) is 0.474. The predicted molar refractivity (Wildman–Crippen MR) is 108 cm³/mol. The molecule has 0 radical (unpaired) electrons. The molecular weight excluding hydrogens is 446 g/mol. The van der Waals surface area contributed by atoms with Gasteiger partial charge in [0.15, 0.2) is 0 Å². The first-order valence-corrected chi connectivity index (χ1v) is 10.1. The number of halogens is 2. The van der Waals surface area contributed by atoms with Gasteiger partial charge in [-0.15, -0.1) is 0 Å². The average Bonchev–Trinajstić information content (AvgIpc) is 3.05. The first-order valence-electron chi connectivity index (χ1n) is 9.01. The third-order valence-electron chi connectivity index (χ3n) is 5.22. The molecule has 0 spiro atoms. The van der Waals surface area contributed by atoms with Crippen LogP contribution in [0.4, 0.5) is 4.39 Å². The molecule has 1 fully saturated rings. The van der Waals surface area contributed by atoms with Crippen LogP contribution >= 0.6 is 22.6 Å². The summed E-state index contributed by atoms with van der Waals surface area (Å²) in [5.74, 6) is 0. The quantitative estimate of drug-likeness (QED) is 0.318. The Morgan fingerprint density at radius 2 is 1.73 bits per heavy atom. The maximum atomic E-state index is 13.5. The zero-order chi connectivity index (χ0) is 18.1. The van der Waals surface area contributed by atoms with Crippen LogP contribution in [0.5, 0.6) is 0 Å². The lowest BCUT2D eigenvalue weighted by molar-refractivity contribution is -0.0819. The molecule has 5 nitrogen and oxygen atoms in total. The van der Waals surface area contributed by atoms with E-state index in [9.17, 15) is 4.39 Å². The van der Waals surface area contributed by atoms with E-state index < -0.39 is 3.99 Å². The Bertz CT molecular complexity index is 685. The first kappa shape index (κ1) is 18.4. The largest absolute Gasteiger partial charge is 0.372 e. The number of benzene rings is 1. The molecule has 1 aromatic carbocycles. The molecule has 1 aliphatic carbocycles. The second kappa shape index (κ2) is 7.55. The van der Waals surface area contributed by atoms with Crippen LogP contribution in [-0.2, 0) is 17.8 Å². The van der Waals surface area contributed by atoms with Crippen molar-refractivity contribution in [1.82, 2.24) is 14.9 Å². The molecule has 4 rings (SSSR count). The van der Waals surface area contributed by atoms with Gasteiger partial charge in [-0.05, 0) is 17.2 Å². The zero-order valence-corrected chi connectivity index (χ0v) is 16.8. The van der Waals surface area contributed by atoms with Crippen LogP contribution in [0.3, 0.4) is 0 Å². The summed E-state index contributed by atoms with van der Waals surface area (Å²) in [6, 6.07) is 8.68. The molecule has 0 saturated carbocycles. The van der Waals surface area contributed by atoms with Crippen LogP contribution < -0.4 is 5.73 Å². The van der Waals surface area contributed by atoms with Crippen molar-refractivity contribution in [1.29, 1.82) is 0 Å². The Balaban J connectivity index is 1.30. The molecule has 0 bridgehead atoms. The summed E-state index contributed by atoms with van der Waals surface area (Å²) in [7, 11) is 0. The van der Waals surface area contributed by atoms with Gasteiger partial charge in [-0.25, -0.2) is 10.0 Å². The lowest BCUT2D eigenvalue weighted by Gasteiger charge is -2.42. The van der Waals surface area contributed by atoms with E-state index in [2.05, 4.69) is 45.3 Å². The zero-order valence-electron chi connectivity index (χ0n) is 14.7. The van der Waals surface area contributed by atoms with Crippen molar-refractivity contribution in [3.63, 3.8) is 0 Å². The summed E-state index contributed by atoms with van der Waals surface area (Å²) in [6.07, 6.45) is 6.26. The second-order valence-electron chi connectivity index (χ2n) is 7.00. The normalized spacial score (nSPS) is 26.5. The van der Waals surface area contributed by atoms with Gasteiger partial charge in [0.2, 0.25) is 0 Å². The molecule has 26 heavy (non-hydrogen) atoms. The Morgan fingerprint density at radius 1 is 1.08 bits per heavy atom. The van der Waals surface area contributed by atoms with Crippen molar-refractivity contribution in [2.24, 2.45) is 5.73 Å². The van der Waals surface area contributed by atoms with Gasteiger partial charge in [0, 0.05) is 74.0 Å². The number of nitrogens with two attached hydrogens (primary N) is 1. The fourth-order valence-electron chi connectivity index (χ4n) is 3.93. The minimum absolute atomic E-state index is 0.312. The average molecular weight is 470 g/mol. The Hall–Kier alpha value is -1.00. The van der Waals surface area contributed by atoms with Crippen LogP contribution in [0.2, 0.25) is 0 Å². The third kappa shape index (κ3) is 4.28. The number of rotatable bonds is 4. The number of alkyl halides is 2. The van der Waals surface area contributed by atoms with E-state index in [-0.39, 0.29) is 6.10 Å². The van der Waals surface area contributed by atoms with Gasteiger partial charge in [-0.3, -0.25) is 5.73 Å². The highest BCUT2D eigenvalue weighted by molar-refractivity contribution is 14.1. The predicted octanol–water partition coefficient (Wildman–Crippen LogP) is 2.74. The van der Waals surface area contributed by atoms with Gasteiger partial charge in [-0.2, -0.15) is 4.39 Å². The smallest absolute Gasteiger partial charge is 0.317 e. The SMILES string of the molecule is NC(F)(I)OC1C=CC=C(N2CCN(N3Cc4ccccc4C3)CC2)C1. The van der Waals surface area contributed by atoms with E-state index in [4.69, 9.17) is 10.5 Å². The molecule has 2 aliphatic heterocycles. The maximum Gasteiger partial charge on any atom is 0.317 e. The number of nitrogens with zero attached hydrogens (tertiary/aromatic N) is 3. The molecule has 0 amide bonds. The molecule has 1 aromatic rings. The van der Waals surface area contributed by atoms with Crippen molar-refractivity contribution < 1.29 is 9.13 Å². The standard InChI is InChI=1S/C19H24FIN4O/c20-19(21,22)26-18-7-3-6-17(12-18)23-8-10-24(11-9-23)25-13-15-4-1-2-5-16(15)14-25/h1-7,18H,8-14,22H2. The van der Waals surface area contributed by atoms with Crippen molar-refractivity contribution in [2.45, 2.75) is 29.6 Å². The summed E-state index contributed by atoms with van der Waals surface area (Å²) in [5.41, 5.74) is 9.40. The first-order chi connectivity index (χ1) is 12.5. The highest BCUT2D eigenvalue weighted by Gasteiger charge is 2.30. The van der Waals surface area contributed by atoms with E-state index in [1.807, 2.05) is 12.2 Å². The molecule has 2 unspecified atom stereocenters. The number of hydrogen-bond donors (Lipinski definition) is 1. The molecule has 140 valence electrons. The third-order valence-corrected chi connectivity index (χ3v) is 5.47. The maximum absolute atomic E-state index is 13.5. The topological polar surface area (TPSA) is 45.0 Å². The molecule has 1 saturated heterocycles. The van der Waals surface area contributed by atoms with Crippen LogP contribution in [0, 0.1) is 0 Å². The number of hydrogen-bond acceptors (Lipinski definition) is 5. The lowest BCUT2D eigenvalue weighted by Crippen LogP contribution is -2.52. The number of ether oxygens (including phenoxy) is 1. The monoisotopic (exact) mass is 470 g/mol. The second-order valence-corrected chi connectivity index (χ2v) is 8.47. The lowest BCUT2D eigenvalue weighted by atomic mass is 10.1. The summed E-state index contributed by atoms with van der Waals surface area (Å²) in [5, 5.41) is 4.91. The van der Waals surface area contributed by atoms with E-state index in [0.717, 1.165) is 39.3 Å². The minimum atomic E-state index is -2.13. The molecule has 3 aliphatic rings. The van der Waals surface area contributed by atoms with Gasteiger partial charge in [0.05, 0.1) is 6.10 Å². The Morgan fingerprint density at radius 3 is 2.35 bits per heavy atom. The number of allylic oxidation sites excluding steroid dienone is 2. The highest BCUT2D eigenvalue weighted by Crippen LogP contribution is 2.28. The summed E-state index contributed by atoms with van der Waals surface area (Å²) >= 11 is 1.47. The van der Waals surface area contributed by atoms with Gasteiger partial charge in [0.1, 0.15) is 0 Å². The molecule has 2 atom stereocenters. The summed E-state index contributed by atoms with van der Waals surface area (Å²) in [4.78, 5) is 2.38. The van der Waals surface area contributed by atoms with E-state index in [1.54, 1.807) is 0 Å². The summed E-state index contributed by atoms with van der Waals surface area (Å²) in [6.45, 7) is 5.93. The van der Waals surface area contributed by atoms with Crippen LogP contribution in [0.1, 0.15) is 17.5 Å². The van der Waals surface area contributed by atoms with E-state index in [0.29, 0.717) is 6.42 Å².